The molecular formula is C21H28N2O6. The first-order chi connectivity index (χ1) is 13.6. The number of Topliss-reactive ketones (excluding diaryl/α,β-unsaturated/α-hetero) is 1. The molecule has 8 nitrogen and oxygen atoms in total. The molecule has 0 spiro atoms. The van der Waals surface area contributed by atoms with E-state index in [1.54, 1.807) is 45.0 Å². The summed E-state index contributed by atoms with van der Waals surface area (Å²) in [7, 11) is 1.24. The molecule has 29 heavy (non-hydrogen) atoms. The van der Waals surface area contributed by atoms with Crippen LogP contribution in [0.1, 0.15) is 39.2 Å². The summed E-state index contributed by atoms with van der Waals surface area (Å²) in [6.45, 7) is 5.40. The molecule has 1 aliphatic rings. The van der Waals surface area contributed by atoms with Crippen molar-refractivity contribution in [1.82, 2.24) is 10.2 Å². The molecule has 1 aromatic rings. The van der Waals surface area contributed by atoms with Gasteiger partial charge in [-0.15, -0.1) is 0 Å². The molecule has 2 rings (SSSR count). The molecule has 0 radical (unpaired) electrons. The number of amides is 2. The number of rotatable bonds is 6. The second-order valence-corrected chi connectivity index (χ2v) is 7.93. The second-order valence-electron chi connectivity index (χ2n) is 7.93. The zero-order chi connectivity index (χ0) is 21.6. The molecule has 0 saturated carbocycles. The van der Waals surface area contributed by atoms with Crippen molar-refractivity contribution in [2.75, 3.05) is 13.7 Å². The molecule has 1 saturated heterocycles. The number of benzene rings is 1. The molecular weight excluding hydrogens is 376 g/mol. The normalized spacial score (nSPS) is 17.4. The van der Waals surface area contributed by atoms with Crippen LogP contribution in [-0.4, -0.2) is 60.0 Å². The van der Waals surface area contributed by atoms with Gasteiger partial charge in [0.2, 0.25) is 5.78 Å². The van der Waals surface area contributed by atoms with E-state index in [1.165, 1.54) is 12.0 Å². The maximum Gasteiger partial charge on any atom is 0.408 e. The summed E-state index contributed by atoms with van der Waals surface area (Å²) in [5.41, 5.74) is 0.0278. The lowest BCUT2D eigenvalue weighted by atomic mass is 10.0. The van der Waals surface area contributed by atoms with Gasteiger partial charge in [-0.3, -0.25) is 9.59 Å². The predicted molar refractivity (Wildman–Crippen MR) is 105 cm³/mol. The van der Waals surface area contributed by atoms with Gasteiger partial charge >= 0.3 is 12.1 Å². The Morgan fingerprint density at radius 2 is 1.83 bits per heavy atom. The minimum absolute atomic E-state index is 0.126. The van der Waals surface area contributed by atoms with Gasteiger partial charge in [0.05, 0.1) is 7.11 Å². The Morgan fingerprint density at radius 1 is 1.17 bits per heavy atom. The number of carbonyl (C=O) groups is 4. The number of ketones is 1. The lowest BCUT2D eigenvalue weighted by Gasteiger charge is -2.26. The van der Waals surface area contributed by atoms with Gasteiger partial charge in [0.25, 0.3) is 5.91 Å². The van der Waals surface area contributed by atoms with E-state index in [9.17, 15) is 19.2 Å². The fraction of sp³-hybridized carbons (Fsp3) is 0.524. The highest BCUT2D eigenvalue weighted by atomic mass is 16.6. The first kappa shape index (κ1) is 22.4. The molecule has 1 aromatic carbocycles. The molecule has 1 aliphatic heterocycles. The lowest BCUT2D eigenvalue weighted by molar-refractivity contribution is -0.154. The van der Waals surface area contributed by atoms with E-state index in [0.717, 1.165) is 5.56 Å². The number of hydrogen-bond donors (Lipinski definition) is 1. The molecule has 1 fully saturated rings. The van der Waals surface area contributed by atoms with Crippen molar-refractivity contribution in [3.05, 3.63) is 35.9 Å². The van der Waals surface area contributed by atoms with Crippen LogP contribution in [0.2, 0.25) is 0 Å². The van der Waals surface area contributed by atoms with Crippen LogP contribution in [-0.2, 0) is 30.3 Å². The monoisotopic (exact) mass is 404 g/mol. The van der Waals surface area contributed by atoms with E-state index < -0.39 is 41.4 Å². The number of nitrogens with one attached hydrogen (secondary N) is 1. The van der Waals surface area contributed by atoms with Gasteiger partial charge in [-0.1, -0.05) is 30.3 Å². The predicted octanol–water partition coefficient (Wildman–Crippen LogP) is 1.86. The van der Waals surface area contributed by atoms with Gasteiger partial charge in [-0.25, -0.2) is 9.59 Å². The Balaban J connectivity index is 2.19. The SMILES string of the molecule is COC(=O)[C@H]1CCCN1C(=O)C(=O)C(Cc1ccccc1)NC(=O)OC(C)(C)C. The summed E-state index contributed by atoms with van der Waals surface area (Å²) in [6, 6.07) is 7.15. The topological polar surface area (TPSA) is 102 Å². The smallest absolute Gasteiger partial charge is 0.408 e. The maximum atomic E-state index is 13.0. The molecule has 0 aromatic heterocycles. The highest BCUT2D eigenvalue weighted by Gasteiger charge is 2.40. The van der Waals surface area contributed by atoms with Crippen molar-refractivity contribution < 1.29 is 28.7 Å². The van der Waals surface area contributed by atoms with Crippen LogP contribution >= 0.6 is 0 Å². The van der Waals surface area contributed by atoms with Crippen molar-refractivity contribution in [2.45, 2.75) is 57.7 Å². The van der Waals surface area contributed by atoms with Gasteiger partial charge in [0, 0.05) is 13.0 Å². The maximum absolute atomic E-state index is 13.0. The van der Waals surface area contributed by atoms with Crippen LogP contribution < -0.4 is 5.32 Å². The third-order valence-electron chi connectivity index (χ3n) is 4.49. The van der Waals surface area contributed by atoms with Crippen LogP contribution in [0.25, 0.3) is 0 Å². The van der Waals surface area contributed by atoms with Crippen molar-refractivity contribution >= 4 is 23.8 Å². The average Bonchev–Trinajstić information content (AvgIpc) is 3.14. The molecule has 2 amide bonds. The standard InChI is InChI=1S/C21H28N2O6/c1-21(2,3)29-20(27)22-15(13-14-9-6-5-7-10-14)17(24)18(25)23-12-8-11-16(23)19(26)28-4/h5-7,9-10,15-16H,8,11-13H2,1-4H3,(H,22,27)/t15?,16-/m1/s1. The highest BCUT2D eigenvalue weighted by molar-refractivity contribution is 6.38. The van der Waals surface area contributed by atoms with Crippen molar-refractivity contribution in [1.29, 1.82) is 0 Å². The number of nitrogens with zero attached hydrogens (tertiary/aromatic N) is 1. The number of likely N-dealkylation sites (tertiary alicyclic amines) is 1. The second kappa shape index (κ2) is 9.54. The van der Waals surface area contributed by atoms with E-state index in [-0.39, 0.29) is 13.0 Å². The minimum atomic E-state index is -1.11. The van der Waals surface area contributed by atoms with Crippen molar-refractivity contribution in [3.8, 4) is 0 Å². The molecule has 8 heteroatoms. The van der Waals surface area contributed by atoms with E-state index in [2.05, 4.69) is 5.32 Å². The van der Waals surface area contributed by atoms with E-state index in [1.807, 2.05) is 6.07 Å². The van der Waals surface area contributed by atoms with E-state index in [4.69, 9.17) is 9.47 Å². The molecule has 1 N–H and O–H groups in total. The molecule has 2 atom stereocenters. The van der Waals surface area contributed by atoms with Crippen LogP contribution in [0.3, 0.4) is 0 Å². The molecule has 158 valence electrons. The molecule has 1 heterocycles. The largest absolute Gasteiger partial charge is 0.467 e. The Labute approximate surface area is 170 Å². The van der Waals surface area contributed by atoms with Gasteiger partial charge in [0.15, 0.2) is 0 Å². The summed E-state index contributed by atoms with van der Waals surface area (Å²) in [4.78, 5) is 51.2. The van der Waals surface area contributed by atoms with Gasteiger partial charge < -0.3 is 19.7 Å². The Morgan fingerprint density at radius 3 is 2.41 bits per heavy atom. The first-order valence-electron chi connectivity index (χ1n) is 9.58. The third-order valence-corrected chi connectivity index (χ3v) is 4.49. The van der Waals surface area contributed by atoms with Crippen molar-refractivity contribution in [2.24, 2.45) is 0 Å². The number of hydrogen-bond acceptors (Lipinski definition) is 6. The van der Waals surface area contributed by atoms with Gasteiger partial charge in [-0.2, -0.15) is 0 Å². The van der Waals surface area contributed by atoms with Crippen LogP contribution in [0, 0.1) is 0 Å². The summed E-state index contributed by atoms with van der Waals surface area (Å²) in [5.74, 6) is -2.16. The van der Waals surface area contributed by atoms with Crippen LogP contribution in [0.4, 0.5) is 4.79 Å². The minimum Gasteiger partial charge on any atom is -0.467 e. The van der Waals surface area contributed by atoms with Crippen LogP contribution in [0.15, 0.2) is 30.3 Å². The van der Waals surface area contributed by atoms with E-state index in [0.29, 0.717) is 12.8 Å². The first-order valence-corrected chi connectivity index (χ1v) is 9.58. The number of carbonyl (C=O) groups excluding carboxylic acids is 4. The lowest BCUT2D eigenvalue weighted by Crippen LogP contribution is -2.52. The quantitative estimate of drug-likeness (QED) is 0.574. The molecule has 1 unspecified atom stereocenters. The average molecular weight is 404 g/mol. The number of methoxy groups -OCH3 is 1. The zero-order valence-electron chi connectivity index (χ0n) is 17.3. The summed E-state index contributed by atoms with van der Waals surface area (Å²) < 4.78 is 9.97. The summed E-state index contributed by atoms with van der Waals surface area (Å²) >= 11 is 0. The Bertz CT molecular complexity index is 756. The fourth-order valence-corrected chi connectivity index (χ4v) is 3.19. The fourth-order valence-electron chi connectivity index (χ4n) is 3.19. The summed E-state index contributed by atoms with van der Waals surface area (Å²) in [5, 5.41) is 2.51. The van der Waals surface area contributed by atoms with Gasteiger partial charge in [0.1, 0.15) is 17.7 Å². The molecule has 0 bridgehead atoms. The number of alkyl carbamates (subject to hydrolysis) is 1. The van der Waals surface area contributed by atoms with Crippen molar-refractivity contribution in [3.63, 3.8) is 0 Å². The van der Waals surface area contributed by atoms with E-state index >= 15 is 0 Å². The zero-order valence-corrected chi connectivity index (χ0v) is 17.3. The Kier molecular flexibility index (Phi) is 7.36. The number of esters is 1. The third kappa shape index (κ3) is 6.30. The van der Waals surface area contributed by atoms with Gasteiger partial charge in [-0.05, 0) is 39.2 Å². The highest BCUT2D eigenvalue weighted by Crippen LogP contribution is 2.20. The summed E-state index contributed by atoms with van der Waals surface area (Å²) in [6.07, 6.45) is 0.378. The molecule has 0 aliphatic carbocycles. The Hall–Kier alpha value is -2.90. The number of ether oxygens (including phenoxy) is 2. The van der Waals surface area contributed by atoms with Crippen LogP contribution in [0.5, 0.6) is 0 Å².